The molecule has 0 aromatic carbocycles. The summed E-state index contributed by atoms with van der Waals surface area (Å²) in [4.78, 5) is 2.74. The SMILES string of the molecule is CC(C)CCN(CCCCCCCN)C1CC1. The predicted molar refractivity (Wildman–Crippen MR) is 76.2 cm³/mol. The van der Waals surface area contributed by atoms with Crippen LogP contribution < -0.4 is 5.73 Å². The Hall–Kier alpha value is -0.0800. The number of nitrogens with two attached hydrogens (primary N) is 1. The van der Waals surface area contributed by atoms with Gasteiger partial charge in [-0.2, -0.15) is 0 Å². The summed E-state index contributed by atoms with van der Waals surface area (Å²) in [5.74, 6) is 0.848. The molecule has 0 aromatic heterocycles. The molecule has 0 aliphatic heterocycles. The lowest BCUT2D eigenvalue weighted by Crippen LogP contribution is -2.29. The molecule has 2 heteroatoms. The third-order valence-corrected chi connectivity index (χ3v) is 3.71. The van der Waals surface area contributed by atoms with E-state index in [4.69, 9.17) is 5.73 Å². The van der Waals surface area contributed by atoms with Crippen molar-refractivity contribution in [3.63, 3.8) is 0 Å². The molecule has 1 aliphatic carbocycles. The molecule has 0 heterocycles. The maximum Gasteiger partial charge on any atom is 0.00964 e. The molecule has 0 spiro atoms. The molecule has 2 nitrogen and oxygen atoms in total. The molecule has 17 heavy (non-hydrogen) atoms. The van der Waals surface area contributed by atoms with Gasteiger partial charge in [-0.1, -0.05) is 33.1 Å². The third-order valence-electron chi connectivity index (χ3n) is 3.71. The molecule has 0 aromatic rings. The normalized spacial score (nSPS) is 16.1. The number of rotatable bonds is 11. The first-order valence-electron chi connectivity index (χ1n) is 7.68. The van der Waals surface area contributed by atoms with Gasteiger partial charge in [0.2, 0.25) is 0 Å². The van der Waals surface area contributed by atoms with E-state index in [1.165, 1.54) is 64.5 Å². The highest BCUT2D eigenvalue weighted by atomic mass is 15.2. The average Bonchev–Trinajstić information content (AvgIpc) is 3.11. The van der Waals surface area contributed by atoms with Gasteiger partial charge in [0.15, 0.2) is 0 Å². The quantitative estimate of drug-likeness (QED) is 0.561. The van der Waals surface area contributed by atoms with Crippen molar-refractivity contribution < 1.29 is 0 Å². The standard InChI is InChI=1S/C15H32N2/c1-14(2)10-13-17(15-8-9-15)12-7-5-3-4-6-11-16/h14-15H,3-13,16H2,1-2H3. The minimum atomic E-state index is 0.848. The predicted octanol–water partition coefficient (Wildman–Crippen LogP) is 3.41. The van der Waals surface area contributed by atoms with Crippen LogP contribution in [0.15, 0.2) is 0 Å². The van der Waals surface area contributed by atoms with Gasteiger partial charge in [0.05, 0.1) is 0 Å². The van der Waals surface area contributed by atoms with Crippen molar-refractivity contribution in [3.8, 4) is 0 Å². The maximum absolute atomic E-state index is 5.50. The minimum absolute atomic E-state index is 0.848. The Morgan fingerprint density at radius 1 is 1.00 bits per heavy atom. The number of nitrogens with zero attached hydrogens (tertiary/aromatic N) is 1. The molecule has 0 atom stereocenters. The van der Waals surface area contributed by atoms with E-state index in [1.54, 1.807) is 0 Å². The molecule has 1 fully saturated rings. The van der Waals surface area contributed by atoms with Gasteiger partial charge in [-0.3, -0.25) is 0 Å². The fourth-order valence-electron chi connectivity index (χ4n) is 2.33. The van der Waals surface area contributed by atoms with E-state index in [1.807, 2.05) is 0 Å². The summed E-state index contributed by atoms with van der Waals surface area (Å²) >= 11 is 0. The first-order chi connectivity index (χ1) is 8.24. The average molecular weight is 240 g/mol. The molecular weight excluding hydrogens is 208 g/mol. The molecule has 1 aliphatic rings. The largest absolute Gasteiger partial charge is 0.330 e. The Balaban J connectivity index is 2.00. The first-order valence-corrected chi connectivity index (χ1v) is 7.68. The second-order valence-electron chi connectivity index (χ2n) is 6.01. The zero-order valence-corrected chi connectivity index (χ0v) is 12.0. The van der Waals surface area contributed by atoms with Crippen LogP contribution in [0.5, 0.6) is 0 Å². The van der Waals surface area contributed by atoms with Gasteiger partial charge in [-0.25, -0.2) is 0 Å². The Bertz CT molecular complexity index is 176. The summed E-state index contributed by atoms with van der Waals surface area (Å²) < 4.78 is 0. The fraction of sp³-hybridized carbons (Fsp3) is 1.00. The van der Waals surface area contributed by atoms with Crippen LogP contribution in [0.2, 0.25) is 0 Å². The van der Waals surface area contributed by atoms with Gasteiger partial charge in [0.25, 0.3) is 0 Å². The van der Waals surface area contributed by atoms with E-state index in [0.29, 0.717) is 0 Å². The van der Waals surface area contributed by atoms with Crippen molar-refractivity contribution in [1.29, 1.82) is 0 Å². The second-order valence-corrected chi connectivity index (χ2v) is 6.01. The van der Waals surface area contributed by atoms with Gasteiger partial charge in [-0.05, 0) is 57.7 Å². The van der Waals surface area contributed by atoms with Crippen LogP contribution in [-0.2, 0) is 0 Å². The summed E-state index contributed by atoms with van der Waals surface area (Å²) in [6, 6.07) is 0.942. The maximum atomic E-state index is 5.50. The highest BCUT2D eigenvalue weighted by Crippen LogP contribution is 2.27. The number of hydrogen-bond donors (Lipinski definition) is 1. The van der Waals surface area contributed by atoms with E-state index >= 15 is 0 Å². The van der Waals surface area contributed by atoms with Gasteiger partial charge in [0.1, 0.15) is 0 Å². The lowest BCUT2D eigenvalue weighted by Gasteiger charge is -2.22. The van der Waals surface area contributed by atoms with Crippen LogP contribution in [0.4, 0.5) is 0 Å². The summed E-state index contributed by atoms with van der Waals surface area (Å²) in [6.45, 7) is 8.18. The molecule has 102 valence electrons. The van der Waals surface area contributed by atoms with Crippen molar-refractivity contribution in [3.05, 3.63) is 0 Å². The van der Waals surface area contributed by atoms with Crippen LogP contribution in [0, 0.1) is 5.92 Å². The Morgan fingerprint density at radius 2 is 1.65 bits per heavy atom. The summed E-state index contributed by atoms with van der Waals surface area (Å²) in [5.41, 5.74) is 5.50. The van der Waals surface area contributed by atoms with Crippen molar-refractivity contribution in [1.82, 2.24) is 4.90 Å². The number of hydrogen-bond acceptors (Lipinski definition) is 2. The van der Waals surface area contributed by atoms with E-state index < -0.39 is 0 Å². The minimum Gasteiger partial charge on any atom is -0.330 e. The molecule has 1 rings (SSSR count). The van der Waals surface area contributed by atoms with E-state index in [-0.39, 0.29) is 0 Å². The monoisotopic (exact) mass is 240 g/mol. The van der Waals surface area contributed by atoms with Crippen molar-refractivity contribution in [2.75, 3.05) is 19.6 Å². The zero-order valence-electron chi connectivity index (χ0n) is 12.0. The van der Waals surface area contributed by atoms with Crippen LogP contribution in [-0.4, -0.2) is 30.6 Å². The van der Waals surface area contributed by atoms with Crippen molar-refractivity contribution in [2.45, 2.75) is 71.3 Å². The van der Waals surface area contributed by atoms with Gasteiger partial charge >= 0.3 is 0 Å². The molecule has 2 N–H and O–H groups in total. The smallest absolute Gasteiger partial charge is 0.00964 e. The van der Waals surface area contributed by atoms with E-state index in [9.17, 15) is 0 Å². The summed E-state index contributed by atoms with van der Waals surface area (Å²) in [7, 11) is 0. The van der Waals surface area contributed by atoms with Crippen molar-refractivity contribution in [2.24, 2.45) is 11.7 Å². The van der Waals surface area contributed by atoms with Crippen LogP contribution in [0.25, 0.3) is 0 Å². The topological polar surface area (TPSA) is 29.3 Å². The van der Waals surface area contributed by atoms with E-state index in [0.717, 1.165) is 18.5 Å². The van der Waals surface area contributed by atoms with E-state index in [2.05, 4.69) is 18.7 Å². The lowest BCUT2D eigenvalue weighted by atomic mass is 10.1. The summed E-state index contributed by atoms with van der Waals surface area (Å²) in [5, 5.41) is 0. The Morgan fingerprint density at radius 3 is 2.24 bits per heavy atom. The molecule has 0 bridgehead atoms. The van der Waals surface area contributed by atoms with Gasteiger partial charge in [0, 0.05) is 6.04 Å². The van der Waals surface area contributed by atoms with Crippen LogP contribution in [0.3, 0.4) is 0 Å². The molecule has 0 saturated heterocycles. The highest BCUT2D eigenvalue weighted by Gasteiger charge is 2.27. The molecule has 0 radical (unpaired) electrons. The Labute approximate surface area is 108 Å². The second kappa shape index (κ2) is 8.93. The van der Waals surface area contributed by atoms with Crippen LogP contribution >= 0.6 is 0 Å². The third kappa shape index (κ3) is 7.77. The fourth-order valence-corrected chi connectivity index (χ4v) is 2.33. The molecule has 1 saturated carbocycles. The Kier molecular flexibility index (Phi) is 7.87. The molecule has 0 unspecified atom stereocenters. The zero-order chi connectivity index (χ0) is 12.5. The molecule has 0 amide bonds. The number of unbranched alkanes of at least 4 members (excludes halogenated alkanes) is 4. The van der Waals surface area contributed by atoms with Gasteiger partial charge in [-0.15, -0.1) is 0 Å². The molecular formula is C15H32N2. The first kappa shape index (κ1) is 15.0. The lowest BCUT2D eigenvalue weighted by molar-refractivity contribution is 0.242. The van der Waals surface area contributed by atoms with Crippen molar-refractivity contribution >= 4 is 0 Å². The summed E-state index contributed by atoms with van der Waals surface area (Å²) in [6.07, 6.45) is 11.0. The highest BCUT2D eigenvalue weighted by molar-refractivity contribution is 4.84. The van der Waals surface area contributed by atoms with Gasteiger partial charge < -0.3 is 10.6 Å². The van der Waals surface area contributed by atoms with Crippen LogP contribution in [0.1, 0.15) is 65.2 Å².